The minimum Gasteiger partial charge on any atom is -0.507 e. The molecule has 0 amide bonds. The SMILES string of the molecule is COc1ccc2c(c1)C(O)=CC(=O)C2=O. The van der Waals surface area contributed by atoms with E-state index < -0.39 is 11.6 Å². The topological polar surface area (TPSA) is 63.6 Å². The van der Waals surface area contributed by atoms with Gasteiger partial charge in [0.2, 0.25) is 11.6 Å². The molecule has 0 radical (unpaired) electrons. The van der Waals surface area contributed by atoms with E-state index in [4.69, 9.17) is 4.74 Å². The first kappa shape index (κ1) is 9.45. The first-order chi connectivity index (χ1) is 7.13. The highest BCUT2D eigenvalue weighted by Gasteiger charge is 2.25. The molecule has 0 unspecified atom stereocenters. The summed E-state index contributed by atoms with van der Waals surface area (Å²) < 4.78 is 4.96. The van der Waals surface area contributed by atoms with Crippen molar-refractivity contribution in [2.75, 3.05) is 7.11 Å². The van der Waals surface area contributed by atoms with Gasteiger partial charge in [-0.25, -0.2) is 0 Å². The van der Waals surface area contributed by atoms with E-state index in [2.05, 4.69) is 0 Å². The average Bonchev–Trinajstić information content (AvgIpc) is 2.25. The van der Waals surface area contributed by atoms with Crippen LogP contribution in [0.1, 0.15) is 15.9 Å². The molecule has 76 valence electrons. The number of carbonyl (C=O) groups excluding carboxylic acids is 2. The third-order valence-corrected chi connectivity index (χ3v) is 2.24. The second-order valence-electron chi connectivity index (χ2n) is 3.13. The number of aliphatic hydroxyl groups excluding tert-OH is 1. The van der Waals surface area contributed by atoms with Gasteiger partial charge in [-0.15, -0.1) is 0 Å². The predicted molar refractivity (Wildman–Crippen MR) is 52.9 cm³/mol. The zero-order valence-corrected chi connectivity index (χ0v) is 7.98. The lowest BCUT2D eigenvalue weighted by molar-refractivity contribution is -0.111. The molecule has 0 saturated carbocycles. The quantitative estimate of drug-likeness (QED) is 0.701. The van der Waals surface area contributed by atoms with Gasteiger partial charge in [-0.05, 0) is 18.2 Å². The summed E-state index contributed by atoms with van der Waals surface area (Å²) in [6.07, 6.45) is 0.921. The smallest absolute Gasteiger partial charge is 0.233 e. The van der Waals surface area contributed by atoms with E-state index in [1.807, 2.05) is 0 Å². The summed E-state index contributed by atoms with van der Waals surface area (Å²) in [6, 6.07) is 4.56. The van der Waals surface area contributed by atoms with Crippen LogP contribution in [-0.2, 0) is 4.79 Å². The molecule has 0 aliphatic heterocycles. The largest absolute Gasteiger partial charge is 0.507 e. The van der Waals surface area contributed by atoms with E-state index in [1.54, 1.807) is 6.07 Å². The summed E-state index contributed by atoms with van der Waals surface area (Å²) in [5.41, 5.74) is 0.541. The van der Waals surface area contributed by atoms with Crippen LogP contribution < -0.4 is 4.74 Å². The molecule has 2 rings (SSSR count). The van der Waals surface area contributed by atoms with Crippen LogP contribution in [0.15, 0.2) is 24.3 Å². The average molecular weight is 204 g/mol. The number of aliphatic hydroxyl groups is 1. The molecule has 1 N–H and O–H groups in total. The molecule has 4 nitrogen and oxygen atoms in total. The standard InChI is InChI=1S/C11H8O4/c1-15-6-2-3-7-8(4-6)9(12)5-10(13)11(7)14/h2-5,12H,1H3. The Morgan fingerprint density at radius 3 is 2.60 bits per heavy atom. The van der Waals surface area contributed by atoms with Crippen LogP contribution >= 0.6 is 0 Å². The number of methoxy groups -OCH3 is 1. The van der Waals surface area contributed by atoms with E-state index >= 15 is 0 Å². The number of fused-ring (bicyclic) bond motifs is 1. The van der Waals surface area contributed by atoms with Crippen LogP contribution in [0.4, 0.5) is 0 Å². The van der Waals surface area contributed by atoms with Gasteiger partial charge in [0.05, 0.1) is 7.11 Å². The van der Waals surface area contributed by atoms with Crippen LogP contribution in [0.5, 0.6) is 5.75 Å². The number of benzene rings is 1. The van der Waals surface area contributed by atoms with E-state index in [1.165, 1.54) is 19.2 Å². The lowest BCUT2D eigenvalue weighted by atomic mass is 9.94. The van der Waals surface area contributed by atoms with Crippen LogP contribution in [-0.4, -0.2) is 23.8 Å². The molecule has 4 heteroatoms. The second-order valence-corrected chi connectivity index (χ2v) is 3.13. The van der Waals surface area contributed by atoms with Gasteiger partial charge in [0, 0.05) is 17.2 Å². The number of carbonyl (C=O) groups is 2. The van der Waals surface area contributed by atoms with E-state index in [0.29, 0.717) is 11.3 Å². The van der Waals surface area contributed by atoms with Gasteiger partial charge in [0.15, 0.2) is 0 Å². The van der Waals surface area contributed by atoms with Crippen molar-refractivity contribution in [1.29, 1.82) is 0 Å². The maximum absolute atomic E-state index is 11.4. The summed E-state index contributed by atoms with van der Waals surface area (Å²) in [7, 11) is 1.48. The van der Waals surface area contributed by atoms with Crippen LogP contribution in [0, 0.1) is 0 Å². The lowest BCUT2D eigenvalue weighted by Gasteiger charge is -2.12. The molecule has 1 aliphatic rings. The Morgan fingerprint density at radius 1 is 1.20 bits per heavy atom. The molecule has 0 heterocycles. The molecule has 0 spiro atoms. The Bertz CT molecular complexity index is 485. The van der Waals surface area contributed by atoms with Gasteiger partial charge in [-0.1, -0.05) is 0 Å². The van der Waals surface area contributed by atoms with Gasteiger partial charge in [0.1, 0.15) is 11.5 Å². The zero-order valence-electron chi connectivity index (χ0n) is 7.98. The number of rotatable bonds is 1. The Balaban J connectivity index is 2.64. The minimum absolute atomic E-state index is 0.200. The first-order valence-electron chi connectivity index (χ1n) is 4.31. The molecule has 1 aliphatic carbocycles. The maximum atomic E-state index is 11.4. The number of Topliss-reactive ketones (excluding diaryl/α,β-unsaturated/α-hetero) is 1. The number of ether oxygens (including phenoxy) is 1. The number of ketones is 2. The van der Waals surface area contributed by atoms with Gasteiger partial charge in [0.25, 0.3) is 0 Å². The van der Waals surface area contributed by atoms with Gasteiger partial charge >= 0.3 is 0 Å². The summed E-state index contributed by atoms with van der Waals surface area (Å²) in [5.74, 6) is -0.986. The van der Waals surface area contributed by atoms with E-state index in [9.17, 15) is 14.7 Å². The van der Waals surface area contributed by atoms with Crippen LogP contribution in [0.25, 0.3) is 5.76 Å². The van der Waals surface area contributed by atoms with Gasteiger partial charge in [-0.2, -0.15) is 0 Å². The maximum Gasteiger partial charge on any atom is 0.233 e. The Labute approximate surface area is 85.8 Å². The molecular formula is C11H8O4. The molecule has 0 bridgehead atoms. The summed E-state index contributed by atoms with van der Waals surface area (Å²) in [6.45, 7) is 0. The number of allylic oxidation sites excluding steroid dienone is 1. The fourth-order valence-electron chi connectivity index (χ4n) is 1.46. The van der Waals surface area contributed by atoms with Gasteiger partial charge in [-0.3, -0.25) is 9.59 Å². The van der Waals surface area contributed by atoms with Crippen molar-refractivity contribution in [3.05, 3.63) is 35.4 Å². The van der Waals surface area contributed by atoms with Crippen molar-refractivity contribution in [3.63, 3.8) is 0 Å². The minimum atomic E-state index is -0.704. The van der Waals surface area contributed by atoms with Crippen LogP contribution in [0.2, 0.25) is 0 Å². The van der Waals surface area contributed by atoms with E-state index in [-0.39, 0.29) is 11.3 Å². The molecular weight excluding hydrogens is 196 g/mol. The summed E-state index contributed by atoms with van der Waals surface area (Å²) in [5, 5.41) is 9.50. The zero-order chi connectivity index (χ0) is 11.0. The lowest BCUT2D eigenvalue weighted by Crippen LogP contribution is -2.18. The van der Waals surface area contributed by atoms with Gasteiger partial charge < -0.3 is 9.84 Å². The number of hydrogen-bond donors (Lipinski definition) is 1. The van der Waals surface area contributed by atoms with Crippen molar-refractivity contribution in [2.24, 2.45) is 0 Å². The fraction of sp³-hybridized carbons (Fsp3) is 0.0909. The molecule has 0 fully saturated rings. The van der Waals surface area contributed by atoms with Crippen molar-refractivity contribution in [2.45, 2.75) is 0 Å². The molecule has 0 atom stereocenters. The van der Waals surface area contributed by atoms with Crippen molar-refractivity contribution < 1.29 is 19.4 Å². The third-order valence-electron chi connectivity index (χ3n) is 2.24. The molecule has 15 heavy (non-hydrogen) atoms. The second kappa shape index (κ2) is 3.24. The summed E-state index contributed by atoms with van der Waals surface area (Å²) >= 11 is 0. The Morgan fingerprint density at radius 2 is 1.93 bits per heavy atom. The summed E-state index contributed by atoms with van der Waals surface area (Å²) in [4.78, 5) is 22.5. The Kier molecular flexibility index (Phi) is 2.04. The van der Waals surface area contributed by atoms with Crippen LogP contribution in [0.3, 0.4) is 0 Å². The molecule has 1 aromatic rings. The van der Waals surface area contributed by atoms with Crippen molar-refractivity contribution in [3.8, 4) is 5.75 Å². The highest BCUT2D eigenvalue weighted by atomic mass is 16.5. The number of hydrogen-bond acceptors (Lipinski definition) is 4. The fourth-order valence-corrected chi connectivity index (χ4v) is 1.46. The predicted octanol–water partition coefficient (Wildman–Crippen LogP) is 1.36. The Hall–Kier alpha value is -2.10. The monoisotopic (exact) mass is 204 g/mol. The van der Waals surface area contributed by atoms with E-state index in [0.717, 1.165) is 6.08 Å². The van der Waals surface area contributed by atoms with Crippen molar-refractivity contribution in [1.82, 2.24) is 0 Å². The molecule has 0 aromatic heterocycles. The molecule has 0 saturated heterocycles. The highest BCUT2D eigenvalue weighted by molar-refractivity contribution is 6.50. The van der Waals surface area contributed by atoms with Crippen molar-refractivity contribution >= 4 is 17.3 Å². The normalized spacial score (nSPS) is 14.6. The third kappa shape index (κ3) is 1.40. The first-order valence-corrected chi connectivity index (χ1v) is 4.31. The highest BCUT2D eigenvalue weighted by Crippen LogP contribution is 2.26. The molecule has 1 aromatic carbocycles.